The van der Waals surface area contributed by atoms with Crippen LogP contribution in [0.15, 0.2) is 109 Å². The molecule has 22 heteroatoms. The Morgan fingerprint density at radius 1 is 0.582 bits per heavy atom. The molecule has 0 radical (unpaired) electrons. The lowest BCUT2D eigenvalue weighted by Crippen LogP contribution is -2.41. The van der Waals surface area contributed by atoms with Gasteiger partial charge in [0.15, 0.2) is 5.65 Å². The number of aromatic nitrogens is 4. The Morgan fingerprint density at radius 2 is 1.12 bits per heavy atom. The summed E-state index contributed by atoms with van der Waals surface area (Å²) in [7, 11) is -1.25. The summed E-state index contributed by atoms with van der Waals surface area (Å²) in [4.78, 5) is 68.0. The predicted molar refractivity (Wildman–Crippen MR) is 354 cm³/mol. The molecule has 0 aliphatic rings. The molecule has 0 aliphatic carbocycles. The van der Waals surface area contributed by atoms with E-state index in [1.54, 1.807) is 12.1 Å². The van der Waals surface area contributed by atoms with Crippen LogP contribution in [0.5, 0.6) is 11.6 Å². The number of ether oxygens (including phenoxy) is 9. The van der Waals surface area contributed by atoms with Crippen LogP contribution in [0.3, 0.4) is 0 Å². The fourth-order valence-electron chi connectivity index (χ4n) is 9.98. The molecule has 4 aromatic carbocycles. The van der Waals surface area contributed by atoms with Crippen molar-refractivity contribution in [1.82, 2.24) is 35.9 Å². The summed E-state index contributed by atoms with van der Waals surface area (Å²) < 4.78 is 51.7. The van der Waals surface area contributed by atoms with Crippen LogP contribution in [-0.2, 0) is 60.8 Å². The molecule has 3 amide bonds. The number of fused-ring (bicyclic) bond motifs is 1. The van der Waals surface area contributed by atoms with E-state index in [0.717, 1.165) is 33.5 Å². The number of carbonyl (C=O) groups is 4. The third kappa shape index (κ3) is 25.9. The van der Waals surface area contributed by atoms with Crippen LogP contribution >= 0.6 is 7.92 Å². The van der Waals surface area contributed by atoms with Crippen molar-refractivity contribution in [2.24, 2.45) is 29.1 Å². The van der Waals surface area contributed by atoms with Gasteiger partial charge in [0, 0.05) is 63.0 Å². The van der Waals surface area contributed by atoms with E-state index >= 15 is 0 Å². The van der Waals surface area contributed by atoms with Crippen LogP contribution in [0, 0.1) is 29.1 Å². The number of hydrogen-bond acceptors (Lipinski definition) is 17. The fourth-order valence-corrected chi connectivity index (χ4v) is 12.4. The highest BCUT2D eigenvalue weighted by atomic mass is 31.1. The molecule has 0 aliphatic heterocycles. The average molecular weight is 1280 g/mol. The van der Waals surface area contributed by atoms with E-state index in [1.165, 1.54) is 6.33 Å². The molecule has 3 unspecified atom stereocenters. The number of carbonyl (C=O) groups excluding carboxylic acids is 4. The third-order valence-corrected chi connectivity index (χ3v) is 18.6. The summed E-state index contributed by atoms with van der Waals surface area (Å²) in [6.07, 6.45) is 3.80. The van der Waals surface area contributed by atoms with Crippen molar-refractivity contribution in [2.75, 3.05) is 111 Å². The molecule has 6 rings (SSSR count). The van der Waals surface area contributed by atoms with Gasteiger partial charge >= 0.3 is 5.97 Å². The molecule has 2 heterocycles. The number of H-pyrrole nitrogens is 1. The summed E-state index contributed by atoms with van der Waals surface area (Å²) >= 11 is 0. The van der Waals surface area contributed by atoms with Crippen LogP contribution in [0.4, 0.5) is 5.95 Å². The van der Waals surface area contributed by atoms with Gasteiger partial charge in [0.25, 0.3) is 5.91 Å². The minimum absolute atomic E-state index is 0.0172. The van der Waals surface area contributed by atoms with Crippen molar-refractivity contribution < 1.29 is 61.8 Å². The number of nitrogen functional groups attached to an aromatic ring is 1. The molecule has 3 atom stereocenters. The second-order valence-electron chi connectivity index (χ2n) is 23.2. The number of nitrogens with one attached hydrogen (secondary N) is 4. The van der Waals surface area contributed by atoms with Crippen LogP contribution in [0.25, 0.3) is 11.2 Å². The molecule has 91 heavy (non-hydrogen) atoms. The maximum absolute atomic E-state index is 13.6. The Labute approximate surface area is 538 Å². The van der Waals surface area contributed by atoms with Gasteiger partial charge in [0.1, 0.15) is 17.9 Å². The first-order valence-electron chi connectivity index (χ1n) is 31.9. The summed E-state index contributed by atoms with van der Waals surface area (Å²) in [5, 5.41) is 11.7. The number of benzene rings is 4. The number of anilines is 1. The highest BCUT2D eigenvalue weighted by molar-refractivity contribution is 7.80. The second-order valence-corrected chi connectivity index (χ2v) is 25.4. The van der Waals surface area contributed by atoms with Gasteiger partial charge in [-0.05, 0) is 96.2 Å². The summed E-state index contributed by atoms with van der Waals surface area (Å²) in [5.41, 5.74) is 9.15. The Kier molecular flexibility index (Phi) is 32.8. The molecule has 21 nitrogen and oxygen atoms in total. The van der Waals surface area contributed by atoms with E-state index in [-0.39, 0.29) is 48.3 Å². The van der Waals surface area contributed by atoms with Crippen molar-refractivity contribution in [3.05, 3.63) is 126 Å². The zero-order valence-electron chi connectivity index (χ0n) is 54.3. The molecule has 0 fully saturated rings. The van der Waals surface area contributed by atoms with Gasteiger partial charge < -0.3 is 69.3 Å². The molecule has 0 bridgehead atoms. The lowest BCUT2D eigenvalue weighted by molar-refractivity contribution is -0.134. The van der Waals surface area contributed by atoms with Gasteiger partial charge in [0.05, 0.1) is 85.6 Å². The summed E-state index contributed by atoms with van der Waals surface area (Å²) in [5.74, 6) is 1.87. The van der Waals surface area contributed by atoms with Crippen LogP contribution in [-0.4, -0.2) is 149 Å². The number of hydrogen-bond donors (Lipinski definition) is 5. The molecule has 0 saturated carbocycles. The zero-order chi connectivity index (χ0) is 65.1. The first-order chi connectivity index (χ1) is 44.1. The van der Waals surface area contributed by atoms with Gasteiger partial charge in [0.2, 0.25) is 23.6 Å². The predicted octanol–water partition coefficient (Wildman–Crippen LogP) is 8.39. The molecular formula is C69H97N8O13P. The number of imidazole rings is 1. The van der Waals surface area contributed by atoms with Crippen molar-refractivity contribution in [1.29, 1.82) is 0 Å². The highest BCUT2D eigenvalue weighted by Crippen LogP contribution is 2.44. The lowest BCUT2D eigenvalue weighted by atomic mass is 9.62. The normalized spacial score (nSPS) is 12.9. The van der Waals surface area contributed by atoms with Gasteiger partial charge in [-0.1, -0.05) is 133 Å². The Bertz CT molecular complexity index is 3030. The highest BCUT2D eigenvalue weighted by Gasteiger charge is 2.39. The molecule has 496 valence electrons. The van der Waals surface area contributed by atoms with Crippen molar-refractivity contribution in [3.8, 4) is 11.6 Å². The van der Waals surface area contributed by atoms with E-state index in [4.69, 9.17) is 48.4 Å². The third-order valence-electron chi connectivity index (χ3n) is 16.1. The van der Waals surface area contributed by atoms with Crippen LogP contribution in [0.2, 0.25) is 0 Å². The average Bonchev–Trinajstić information content (AvgIpc) is 1.44. The Hall–Kier alpha value is -6.94. The Balaban J connectivity index is 0.794. The van der Waals surface area contributed by atoms with Crippen molar-refractivity contribution in [3.63, 3.8) is 0 Å². The van der Waals surface area contributed by atoms with Crippen LogP contribution < -0.4 is 47.1 Å². The first-order valence-corrected chi connectivity index (χ1v) is 33.2. The molecule has 6 N–H and O–H groups in total. The standard InChI is InChI=1S/C69H97N8O13P/c1-50(2)52(5)53(6)69(7,51(3)4)46-62(79)71-29-15-32-82-35-38-85-39-36-83-33-16-30-73-66(81)56-27-28-59(60(45-56)91(57-17-10-8-11-18-57)58-19-12-9-13-20-58)90-63(80)22-14-21-61(78)72-31-34-84-37-40-86-41-42-87-43-44-88-47-54-23-25-55(26-24-54)48-89-67-64-65(75-49-74-64)76-68(70)77-67/h8-13,17-20,23-28,45,49-53H,14-16,21-22,29-44,46-48H2,1-7H3,(H,71,79)(H,72,78)(H,73,81)(H3,70,74,75,76,77). The Morgan fingerprint density at radius 3 is 1.70 bits per heavy atom. The number of rotatable bonds is 46. The maximum Gasteiger partial charge on any atom is 0.311 e. The van der Waals surface area contributed by atoms with E-state index in [2.05, 4.69) is 84.4 Å². The minimum Gasteiger partial charge on any atom is -0.471 e. The zero-order valence-corrected chi connectivity index (χ0v) is 55.2. The number of nitrogens with two attached hydrogens (primary N) is 1. The monoisotopic (exact) mass is 1280 g/mol. The number of esters is 1. The number of amides is 3. The molecular weight excluding hydrogens is 1180 g/mol. The smallest absolute Gasteiger partial charge is 0.311 e. The fraction of sp³-hybridized carbons (Fsp3) is 0.522. The largest absolute Gasteiger partial charge is 0.471 e. The van der Waals surface area contributed by atoms with Crippen molar-refractivity contribution in [2.45, 2.75) is 100 Å². The second kappa shape index (κ2) is 40.8. The van der Waals surface area contributed by atoms with Crippen LogP contribution in [0.1, 0.15) is 108 Å². The number of aromatic amines is 1. The lowest BCUT2D eigenvalue weighted by Gasteiger charge is -2.43. The topological polar surface area (TPSA) is 268 Å². The maximum atomic E-state index is 13.6. The van der Waals surface area contributed by atoms with Gasteiger partial charge in [-0.25, -0.2) is 4.98 Å². The van der Waals surface area contributed by atoms with Crippen molar-refractivity contribution >= 4 is 64.6 Å². The van der Waals surface area contributed by atoms with Gasteiger partial charge in [-0.2, -0.15) is 9.97 Å². The summed E-state index contributed by atoms with van der Waals surface area (Å²) in [6, 6.07) is 33.0. The first kappa shape index (κ1) is 73.1. The quantitative estimate of drug-likeness (QED) is 0.0104. The van der Waals surface area contributed by atoms with Gasteiger partial charge in [-0.15, -0.1) is 0 Å². The van der Waals surface area contributed by atoms with E-state index in [9.17, 15) is 19.2 Å². The number of nitrogens with zero attached hydrogens (tertiary/aromatic N) is 3. The van der Waals surface area contributed by atoms with E-state index < -0.39 is 13.9 Å². The molecule has 0 spiro atoms. The van der Waals surface area contributed by atoms with Gasteiger partial charge in [-0.3, -0.25) is 19.2 Å². The minimum atomic E-state index is -1.25. The van der Waals surface area contributed by atoms with E-state index in [0.29, 0.717) is 184 Å². The summed E-state index contributed by atoms with van der Waals surface area (Å²) in [6.45, 7) is 23.3. The van der Waals surface area contributed by atoms with E-state index in [1.807, 2.05) is 91.0 Å². The molecule has 0 saturated heterocycles. The SMILES string of the molecule is CC(C)C(C)C(C)C(C)(CC(=O)NCCCOCCOCCOCCCNC(=O)c1ccc(OC(=O)CCCC(=O)NCCOCCOCCOCCOCc2ccc(COc3nc(N)nc4nc[nH]c34)cc2)c(P(c2ccccc2)c2ccccc2)c1)C(C)C. The molecule has 6 aromatic rings. The molecule has 2 aromatic heterocycles.